The second-order valence-corrected chi connectivity index (χ2v) is 2.78. The summed E-state index contributed by atoms with van der Waals surface area (Å²) in [4.78, 5) is 7.55. The molecule has 0 aromatic carbocycles. The quantitative estimate of drug-likeness (QED) is 0.479. The molecule has 54 valence electrons. The Morgan fingerprint density at radius 2 is 2.40 bits per heavy atom. The van der Waals surface area contributed by atoms with Gasteiger partial charge in [-0.25, -0.2) is 9.97 Å². The molecule has 0 fully saturated rings. The van der Waals surface area contributed by atoms with Gasteiger partial charge < -0.3 is 5.73 Å². The molecule has 0 spiro atoms. The predicted octanol–water partition coefficient (Wildman–Crippen LogP) is 1.65. The molecule has 1 aromatic heterocycles. The Bertz CT molecular complexity index is 240. The van der Waals surface area contributed by atoms with Crippen molar-refractivity contribution >= 4 is 40.0 Å². The van der Waals surface area contributed by atoms with E-state index >= 15 is 0 Å². The number of hydrogen-bond donors (Lipinski definition) is 1. The molecule has 0 aliphatic carbocycles. The Morgan fingerprint density at radius 1 is 1.70 bits per heavy atom. The molecule has 1 aromatic rings. The summed E-state index contributed by atoms with van der Waals surface area (Å²) in [7, 11) is 0. The first-order valence-electron chi connectivity index (χ1n) is 2.57. The van der Waals surface area contributed by atoms with E-state index in [2.05, 4.69) is 32.6 Å². The highest BCUT2D eigenvalue weighted by Gasteiger charge is 1.99. The van der Waals surface area contributed by atoms with Gasteiger partial charge in [0.05, 0.1) is 0 Å². The van der Waals surface area contributed by atoms with Crippen LogP contribution < -0.4 is 5.73 Å². The Hall–Kier alpha value is -0.100. The molecule has 0 aliphatic rings. The number of halogens is 2. The minimum absolute atomic E-state index is 0.200. The van der Waals surface area contributed by atoms with Crippen LogP contribution in [0.15, 0.2) is 6.20 Å². The fourth-order valence-electron chi connectivity index (χ4n) is 0.500. The van der Waals surface area contributed by atoms with Crippen LogP contribution in [0.2, 0.25) is 5.28 Å². The molecule has 5 heteroatoms. The lowest BCUT2D eigenvalue weighted by atomic mass is 10.4. The molecule has 1 heterocycles. The maximum absolute atomic E-state index is 5.49. The minimum Gasteiger partial charge on any atom is -0.383 e. The molecule has 0 saturated heterocycles. The van der Waals surface area contributed by atoms with Crippen LogP contribution >= 0.6 is 34.2 Å². The smallest absolute Gasteiger partial charge is 0.224 e. The van der Waals surface area contributed by atoms with Crippen molar-refractivity contribution in [2.75, 3.05) is 5.73 Å². The lowest BCUT2D eigenvalue weighted by Crippen LogP contribution is -1.97. The van der Waals surface area contributed by atoms with Crippen LogP contribution in [0, 0.1) is 0 Å². The number of hydrogen-bond acceptors (Lipinski definition) is 3. The second-order valence-electron chi connectivity index (χ2n) is 1.68. The largest absolute Gasteiger partial charge is 0.383 e. The molecule has 0 amide bonds. The number of nitrogens with zero attached hydrogens (tertiary/aromatic N) is 2. The van der Waals surface area contributed by atoms with Gasteiger partial charge in [0.25, 0.3) is 0 Å². The van der Waals surface area contributed by atoms with Crippen molar-refractivity contribution in [1.29, 1.82) is 0 Å². The molecule has 0 unspecified atom stereocenters. The first-order chi connectivity index (χ1) is 4.74. The van der Waals surface area contributed by atoms with E-state index in [0.29, 0.717) is 5.82 Å². The minimum atomic E-state index is 0.200. The zero-order valence-electron chi connectivity index (χ0n) is 5.01. The van der Waals surface area contributed by atoms with E-state index in [4.69, 9.17) is 17.3 Å². The molecule has 0 aliphatic heterocycles. The number of rotatable bonds is 1. The summed E-state index contributed by atoms with van der Waals surface area (Å²) in [5, 5.41) is 0.200. The Balaban J connectivity index is 3.07. The van der Waals surface area contributed by atoms with Gasteiger partial charge in [-0.2, -0.15) is 0 Å². The van der Waals surface area contributed by atoms with Crippen LogP contribution in [0.5, 0.6) is 0 Å². The second kappa shape index (κ2) is 3.34. The van der Waals surface area contributed by atoms with Gasteiger partial charge in [-0.3, -0.25) is 0 Å². The summed E-state index contributed by atoms with van der Waals surface area (Å²) < 4.78 is 0.806. The number of nitrogen functional groups attached to an aromatic ring is 1. The predicted molar refractivity (Wildman–Crippen MR) is 49.2 cm³/mol. The zero-order chi connectivity index (χ0) is 7.56. The van der Waals surface area contributed by atoms with Crippen molar-refractivity contribution in [3.8, 4) is 0 Å². The highest BCUT2D eigenvalue weighted by Crippen LogP contribution is 2.12. The maximum atomic E-state index is 5.49. The van der Waals surface area contributed by atoms with Crippen LogP contribution in [0.4, 0.5) is 5.82 Å². The molecule has 3 nitrogen and oxygen atoms in total. The van der Waals surface area contributed by atoms with Gasteiger partial charge in [-0.15, -0.1) is 0 Å². The monoisotopic (exact) mass is 269 g/mol. The van der Waals surface area contributed by atoms with Gasteiger partial charge in [0.2, 0.25) is 5.28 Å². The molecule has 10 heavy (non-hydrogen) atoms. The topological polar surface area (TPSA) is 51.8 Å². The number of anilines is 1. The van der Waals surface area contributed by atoms with Gasteiger partial charge in [0.1, 0.15) is 5.82 Å². The van der Waals surface area contributed by atoms with Gasteiger partial charge >= 0.3 is 0 Å². The van der Waals surface area contributed by atoms with Gasteiger partial charge in [0.15, 0.2) is 0 Å². The lowest BCUT2D eigenvalue weighted by Gasteiger charge is -1.97. The van der Waals surface area contributed by atoms with E-state index in [0.717, 1.165) is 9.99 Å². The molecule has 1 rings (SSSR count). The van der Waals surface area contributed by atoms with Crippen LogP contribution in [0.25, 0.3) is 0 Å². The van der Waals surface area contributed by atoms with E-state index < -0.39 is 0 Å². The highest BCUT2D eigenvalue weighted by atomic mass is 127. The van der Waals surface area contributed by atoms with Crippen molar-refractivity contribution in [2.24, 2.45) is 0 Å². The molecule has 0 radical (unpaired) electrons. The third-order valence-corrected chi connectivity index (χ3v) is 2.02. The summed E-state index contributed by atoms with van der Waals surface area (Å²) in [6, 6.07) is 0. The summed E-state index contributed by atoms with van der Waals surface area (Å²) in [5.41, 5.74) is 6.41. The molecular formula is C5H5ClIN3. The molecule has 2 N–H and O–H groups in total. The summed E-state index contributed by atoms with van der Waals surface area (Å²) in [5.74, 6) is 0.467. The van der Waals surface area contributed by atoms with Crippen molar-refractivity contribution in [3.63, 3.8) is 0 Å². The molecule has 0 bridgehead atoms. The fourth-order valence-corrected chi connectivity index (χ4v) is 1.23. The fraction of sp³-hybridized carbons (Fsp3) is 0.200. The summed E-state index contributed by atoms with van der Waals surface area (Å²) in [6.07, 6.45) is 1.64. The average Bonchev–Trinajstić information content (AvgIpc) is 1.88. The van der Waals surface area contributed by atoms with E-state index in [1.54, 1.807) is 6.20 Å². The highest BCUT2D eigenvalue weighted by molar-refractivity contribution is 14.1. The van der Waals surface area contributed by atoms with Gasteiger partial charge in [-0.1, -0.05) is 22.6 Å². The third-order valence-electron chi connectivity index (χ3n) is 1.01. The van der Waals surface area contributed by atoms with Gasteiger partial charge in [-0.05, 0) is 11.6 Å². The SMILES string of the molecule is Nc1nc(Cl)ncc1CI. The van der Waals surface area contributed by atoms with Gasteiger partial charge in [0, 0.05) is 16.2 Å². The number of aromatic nitrogens is 2. The summed E-state index contributed by atoms with van der Waals surface area (Å²) >= 11 is 7.66. The lowest BCUT2D eigenvalue weighted by molar-refractivity contribution is 1.14. The average molecular weight is 269 g/mol. The van der Waals surface area contributed by atoms with Crippen molar-refractivity contribution in [2.45, 2.75) is 4.43 Å². The van der Waals surface area contributed by atoms with Crippen molar-refractivity contribution in [1.82, 2.24) is 9.97 Å². The van der Waals surface area contributed by atoms with Crippen LogP contribution in [0.3, 0.4) is 0 Å². The van der Waals surface area contributed by atoms with Crippen LogP contribution in [-0.4, -0.2) is 9.97 Å². The van der Waals surface area contributed by atoms with E-state index in [9.17, 15) is 0 Å². The first kappa shape index (κ1) is 8.00. The number of nitrogens with two attached hydrogens (primary N) is 1. The Labute approximate surface area is 77.1 Å². The third kappa shape index (κ3) is 1.69. The van der Waals surface area contributed by atoms with Crippen LogP contribution in [-0.2, 0) is 4.43 Å². The normalized spacial score (nSPS) is 9.80. The van der Waals surface area contributed by atoms with Crippen molar-refractivity contribution in [3.05, 3.63) is 17.0 Å². The number of alkyl halides is 1. The zero-order valence-corrected chi connectivity index (χ0v) is 7.93. The maximum Gasteiger partial charge on any atom is 0.224 e. The van der Waals surface area contributed by atoms with E-state index in [1.807, 2.05) is 0 Å². The van der Waals surface area contributed by atoms with E-state index in [1.165, 1.54) is 0 Å². The van der Waals surface area contributed by atoms with Crippen molar-refractivity contribution < 1.29 is 0 Å². The molecule has 0 atom stereocenters. The standard InChI is InChI=1S/C5H5ClIN3/c6-5-9-2-3(1-7)4(8)10-5/h2H,1H2,(H2,8,9,10). The summed E-state index contributed by atoms with van der Waals surface area (Å²) in [6.45, 7) is 0. The first-order valence-corrected chi connectivity index (χ1v) is 4.47. The molecule has 0 saturated carbocycles. The Morgan fingerprint density at radius 3 is 2.90 bits per heavy atom. The van der Waals surface area contributed by atoms with E-state index in [-0.39, 0.29) is 5.28 Å². The Kier molecular flexibility index (Phi) is 2.67. The molecular weight excluding hydrogens is 264 g/mol. The van der Waals surface area contributed by atoms with Crippen LogP contribution in [0.1, 0.15) is 5.56 Å².